The number of aromatic nitrogens is 2. The van der Waals surface area contributed by atoms with Gasteiger partial charge in [-0.2, -0.15) is 4.98 Å². The van der Waals surface area contributed by atoms with Crippen LogP contribution < -0.4 is 5.73 Å². The molecule has 0 atom stereocenters. The number of aryl methyl sites for hydroxylation is 2. The molecule has 2 heterocycles. The predicted molar refractivity (Wildman–Crippen MR) is 86.5 cm³/mol. The van der Waals surface area contributed by atoms with Gasteiger partial charge in [-0.3, -0.25) is 4.79 Å². The van der Waals surface area contributed by atoms with Crippen molar-refractivity contribution >= 4 is 5.91 Å². The molecule has 1 aliphatic heterocycles. The van der Waals surface area contributed by atoms with Crippen LogP contribution in [0.4, 0.5) is 4.39 Å². The summed E-state index contributed by atoms with van der Waals surface area (Å²) in [5.41, 5.74) is 7.07. The van der Waals surface area contributed by atoms with E-state index in [0.29, 0.717) is 48.8 Å². The minimum absolute atomic E-state index is 0.0827. The summed E-state index contributed by atoms with van der Waals surface area (Å²) in [6, 6.07) is 4.86. The zero-order chi connectivity index (χ0) is 17.1. The first-order valence-electron chi connectivity index (χ1n) is 8.15. The SMILES string of the molecule is Cc1cc(-c2noc(CCC(=O)N3CCC(N)CC3)n2)ccc1F. The molecule has 7 heteroatoms. The van der Waals surface area contributed by atoms with Crippen molar-refractivity contribution < 1.29 is 13.7 Å². The first kappa shape index (κ1) is 16.6. The maximum atomic E-state index is 13.3. The lowest BCUT2D eigenvalue weighted by molar-refractivity contribution is -0.132. The zero-order valence-electron chi connectivity index (χ0n) is 13.7. The molecule has 1 aromatic carbocycles. The second kappa shape index (κ2) is 7.09. The van der Waals surface area contributed by atoms with Crippen LogP contribution in [0.3, 0.4) is 0 Å². The number of likely N-dealkylation sites (tertiary alicyclic amines) is 1. The highest BCUT2D eigenvalue weighted by molar-refractivity contribution is 5.76. The average Bonchev–Trinajstić information content (AvgIpc) is 3.05. The normalized spacial score (nSPS) is 15.7. The Morgan fingerprint density at radius 1 is 1.42 bits per heavy atom. The summed E-state index contributed by atoms with van der Waals surface area (Å²) in [6.07, 6.45) is 2.43. The largest absolute Gasteiger partial charge is 0.343 e. The number of rotatable bonds is 4. The highest BCUT2D eigenvalue weighted by Gasteiger charge is 2.21. The van der Waals surface area contributed by atoms with E-state index in [-0.39, 0.29) is 17.8 Å². The molecule has 0 radical (unpaired) electrons. The third-order valence-corrected chi connectivity index (χ3v) is 4.33. The van der Waals surface area contributed by atoms with E-state index in [9.17, 15) is 9.18 Å². The van der Waals surface area contributed by atoms with Crippen molar-refractivity contribution in [2.24, 2.45) is 5.73 Å². The van der Waals surface area contributed by atoms with Gasteiger partial charge in [-0.05, 0) is 43.5 Å². The molecule has 0 spiro atoms. The van der Waals surface area contributed by atoms with Gasteiger partial charge in [0.05, 0.1) is 0 Å². The molecular formula is C17H21FN4O2. The molecule has 1 amide bonds. The summed E-state index contributed by atoms with van der Waals surface area (Å²) >= 11 is 0. The monoisotopic (exact) mass is 332 g/mol. The maximum Gasteiger partial charge on any atom is 0.227 e. The average molecular weight is 332 g/mol. The topological polar surface area (TPSA) is 85.2 Å². The number of hydrogen-bond donors (Lipinski definition) is 1. The Kier molecular flexibility index (Phi) is 4.89. The molecule has 1 aromatic heterocycles. The Bertz CT molecular complexity index is 723. The van der Waals surface area contributed by atoms with Crippen molar-refractivity contribution in [2.75, 3.05) is 13.1 Å². The van der Waals surface area contributed by atoms with Crippen LogP contribution in [0.2, 0.25) is 0 Å². The molecule has 0 saturated carbocycles. The van der Waals surface area contributed by atoms with Crippen LogP contribution in [-0.2, 0) is 11.2 Å². The molecule has 2 N–H and O–H groups in total. The molecule has 0 unspecified atom stereocenters. The summed E-state index contributed by atoms with van der Waals surface area (Å²) in [5.74, 6) is 0.632. The van der Waals surface area contributed by atoms with Crippen molar-refractivity contribution in [1.29, 1.82) is 0 Å². The van der Waals surface area contributed by atoms with Gasteiger partial charge in [0, 0.05) is 37.5 Å². The van der Waals surface area contributed by atoms with E-state index in [2.05, 4.69) is 10.1 Å². The first-order valence-corrected chi connectivity index (χ1v) is 8.15. The molecule has 1 aliphatic rings. The van der Waals surface area contributed by atoms with Crippen LogP contribution in [-0.4, -0.2) is 40.1 Å². The Morgan fingerprint density at radius 2 is 2.17 bits per heavy atom. The van der Waals surface area contributed by atoms with Crippen LogP contribution in [0.15, 0.2) is 22.7 Å². The van der Waals surface area contributed by atoms with Crippen LogP contribution in [0.1, 0.15) is 30.7 Å². The number of carbonyl (C=O) groups excluding carboxylic acids is 1. The van der Waals surface area contributed by atoms with Crippen LogP contribution in [0.5, 0.6) is 0 Å². The minimum atomic E-state index is -0.269. The molecule has 2 aromatic rings. The van der Waals surface area contributed by atoms with Gasteiger partial charge in [0.1, 0.15) is 5.82 Å². The van der Waals surface area contributed by atoms with E-state index in [1.54, 1.807) is 19.1 Å². The lowest BCUT2D eigenvalue weighted by Crippen LogP contribution is -2.42. The van der Waals surface area contributed by atoms with E-state index in [4.69, 9.17) is 10.3 Å². The molecule has 3 rings (SSSR count). The van der Waals surface area contributed by atoms with Gasteiger partial charge in [-0.1, -0.05) is 5.16 Å². The lowest BCUT2D eigenvalue weighted by atomic mass is 10.1. The van der Waals surface area contributed by atoms with Crippen molar-refractivity contribution in [1.82, 2.24) is 15.0 Å². The Hall–Kier alpha value is -2.28. The van der Waals surface area contributed by atoms with E-state index in [1.807, 2.05) is 4.90 Å². The van der Waals surface area contributed by atoms with Crippen molar-refractivity contribution in [3.05, 3.63) is 35.5 Å². The second-order valence-electron chi connectivity index (χ2n) is 6.19. The number of benzene rings is 1. The zero-order valence-corrected chi connectivity index (χ0v) is 13.7. The Labute approximate surface area is 139 Å². The molecule has 128 valence electrons. The summed E-state index contributed by atoms with van der Waals surface area (Å²) in [4.78, 5) is 18.3. The molecule has 6 nitrogen and oxygen atoms in total. The predicted octanol–water partition coefficient (Wildman–Crippen LogP) is 2.07. The standard InChI is InChI=1S/C17H21FN4O2/c1-11-10-12(2-3-14(11)18)17-20-15(24-21-17)4-5-16(23)22-8-6-13(19)7-9-22/h2-3,10,13H,4-9,19H2,1H3. The summed E-state index contributed by atoms with van der Waals surface area (Å²) < 4.78 is 18.5. The fourth-order valence-corrected chi connectivity index (χ4v) is 2.78. The van der Waals surface area contributed by atoms with E-state index in [0.717, 1.165) is 12.8 Å². The molecule has 1 saturated heterocycles. The summed E-state index contributed by atoms with van der Waals surface area (Å²) in [6.45, 7) is 3.11. The van der Waals surface area contributed by atoms with Gasteiger partial charge in [-0.25, -0.2) is 4.39 Å². The van der Waals surface area contributed by atoms with E-state index >= 15 is 0 Å². The Morgan fingerprint density at radius 3 is 2.88 bits per heavy atom. The smallest absolute Gasteiger partial charge is 0.227 e. The molecular weight excluding hydrogens is 311 g/mol. The number of nitrogens with zero attached hydrogens (tertiary/aromatic N) is 3. The first-order chi connectivity index (χ1) is 11.5. The summed E-state index contributed by atoms with van der Waals surface area (Å²) in [7, 11) is 0. The minimum Gasteiger partial charge on any atom is -0.343 e. The molecule has 0 aliphatic carbocycles. The molecule has 1 fully saturated rings. The van der Waals surface area contributed by atoms with Gasteiger partial charge in [0.2, 0.25) is 17.6 Å². The van der Waals surface area contributed by atoms with Crippen LogP contribution >= 0.6 is 0 Å². The fourth-order valence-electron chi connectivity index (χ4n) is 2.78. The molecule has 24 heavy (non-hydrogen) atoms. The van der Waals surface area contributed by atoms with Crippen molar-refractivity contribution in [3.63, 3.8) is 0 Å². The number of nitrogens with two attached hydrogens (primary N) is 1. The fraction of sp³-hybridized carbons (Fsp3) is 0.471. The highest BCUT2D eigenvalue weighted by atomic mass is 19.1. The number of amides is 1. The third-order valence-electron chi connectivity index (χ3n) is 4.33. The second-order valence-corrected chi connectivity index (χ2v) is 6.19. The number of piperidine rings is 1. The van der Waals surface area contributed by atoms with Crippen LogP contribution in [0.25, 0.3) is 11.4 Å². The summed E-state index contributed by atoms with van der Waals surface area (Å²) in [5, 5.41) is 3.91. The van der Waals surface area contributed by atoms with Gasteiger partial charge in [0.15, 0.2) is 0 Å². The van der Waals surface area contributed by atoms with Gasteiger partial charge in [-0.15, -0.1) is 0 Å². The van der Waals surface area contributed by atoms with E-state index in [1.165, 1.54) is 6.07 Å². The Balaban J connectivity index is 1.58. The van der Waals surface area contributed by atoms with Crippen molar-refractivity contribution in [3.8, 4) is 11.4 Å². The van der Waals surface area contributed by atoms with E-state index < -0.39 is 0 Å². The molecule has 0 bridgehead atoms. The number of halogens is 1. The number of carbonyl (C=O) groups is 1. The number of hydrogen-bond acceptors (Lipinski definition) is 5. The van der Waals surface area contributed by atoms with Gasteiger partial charge < -0.3 is 15.2 Å². The quantitative estimate of drug-likeness (QED) is 0.926. The lowest BCUT2D eigenvalue weighted by Gasteiger charge is -2.30. The third kappa shape index (κ3) is 3.79. The highest BCUT2D eigenvalue weighted by Crippen LogP contribution is 2.19. The van der Waals surface area contributed by atoms with Crippen molar-refractivity contribution in [2.45, 2.75) is 38.6 Å². The maximum absolute atomic E-state index is 13.3. The van der Waals surface area contributed by atoms with Crippen LogP contribution in [0, 0.1) is 12.7 Å². The van der Waals surface area contributed by atoms with Gasteiger partial charge in [0.25, 0.3) is 0 Å². The van der Waals surface area contributed by atoms with Gasteiger partial charge >= 0.3 is 0 Å².